The van der Waals surface area contributed by atoms with Crippen LogP contribution in [0.2, 0.25) is 10.0 Å². The molecule has 4 heterocycles. The number of rotatable bonds is 12. The number of amides is 1. The van der Waals surface area contributed by atoms with E-state index in [1.807, 2.05) is 0 Å². The van der Waals surface area contributed by atoms with E-state index in [0.717, 1.165) is 50.5 Å². The van der Waals surface area contributed by atoms with Crippen molar-refractivity contribution in [3.05, 3.63) is 122 Å². The minimum absolute atomic E-state index is 0.0210. The number of nitrogens with zero attached hydrogens (tertiary/aromatic N) is 3. The molecule has 2 bridgehead atoms. The molecule has 4 aromatic rings. The average Bonchev–Trinajstić information content (AvgIpc) is 3.12. The smallest absolute Gasteiger partial charge is 0.415 e. The van der Waals surface area contributed by atoms with Gasteiger partial charge in [-0.3, -0.25) is 9.80 Å². The number of para-hydroxylation sites is 1. The summed E-state index contributed by atoms with van der Waals surface area (Å²) in [6.45, 7) is -0.895. The number of alkyl halides is 2. The lowest BCUT2D eigenvalue weighted by Crippen LogP contribution is -2.53. The van der Waals surface area contributed by atoms with E-state index in [4.69, 9.17) is 41.5 Å². The van der Waals surface area contributed by atoms with E-state index in [1.165, 1.54) is 41.3 Å². The van der Waals surface area contributed by atoms with Crippen molar-refractivity contribution in [2.75, 3.05) is 31.6 Å². The number of pyridine rings is 1. The minimum Gasteiger partial charge on any atom is -0.619 e. The molecule has 52 heavy (non-hydrogen) atoms. The van der Waals surface area contributed by atoms with Crippen molar-refractivity contribution in [2.24, 2.45) is 5.92 Å². The van der Waals surface area contributed by atoms with Gasteiger partial charge in [-0.15, -0.1) is 0 Å². The van der Waals surface area contributed by atoms with Crippen LogP contribution in [0.25, 0.3) is 0 Å². The number of methoxy groups -OCH3 is 1. The lowest BCUT2D eigenvalue weighted by atomic mass is 9.86. The van der Waals surface area contributed by atoms with Gasteiger partial charge in [-0.05, 0) is 79.4 Å². The number of aromatic nitrogens is 1. The number of hydrogen-bond donors (Lipinski definition) is 0. The molecule has 3 aromatic carbocycles. The van der Waals surface area contributed by atoms with Crippen molar-refractivity contribution >= 4 is 41.0 Å². The maximum atomic E-state index is 15.0. The Hall–Kier alpha value is -4.72. The van der Waals surface area contributed by atoms with Crippen LogP contribution >= 0.6 is 23.2 Å². The first kappa shape index (κ1) is 33.1. The van der Waals surface area contributed by atoms with Gasteiger partial charge >= 0.3 is 18.7 Å². The molecule has 274 valence electrons. The van der Waals surface area contributed by atoms with E-state index >= 15 is 4.39 Å². The molecule has 2 atom stereocenters. The maximum Gasteiger partial charge on any atom is 0.415 e. The second-order valence-electron chi connectivity index (χ2n) is 12.4. The number of halogens is 5. The van der Waals surface area contributed by atoms with Crippen molar-refractivity contribution in [1.29, 1.82) is 0 Å². The first-order valence-electron chi connectivity index (χ1n) is 17.7. The Kier molecular flexibility index (Phi) is 10.4. The maximum absolute atomic E-state index is 15.0. The molecular weight excluding hydrogens is 726 g/mol. The summed E-state index contributed by atoms with van der Waals surface area (Å²) in [6, 6.07) is 15.1. The number of fused-ring (bicyclic) bond motifs is 3. The molecule has 3 aliphatic heterocycles. The Bertz CT molecular complexity index is 2000. The molecular formula is C37H34Cl2F3N3O7. The number of ether oxygens (including phenoxy) is 4. The minimum atomic E-state index is -3.31. The summed E-state index contributed by atoms with van der Waals surface area (Å²) >= 11 is 12.6. The quantitative estimate of drug-likeness (QED) is 0.0820. The number of anilines is 1. The highest BCUT2D eigenvalue weighted by atomic mass is 35.5. The summed E-state index contributed by atoms with van der Waals surface area (Å²) in [7, 11) is -3.06. The normalized spacial score (nSPS) is 19.6. The number of hydrogen-bond acceptors (Lipinski definition) is 8. The van der Waals surface area contributed by atoms with E-state index < -0.39 is 49.1 Å². The number of piperidine rings is 3. The molecule has 1 amide bonds. The van der Waals surface area contributed by atoms with Crippen molar-refractivity contribution in [1.82, 2.24) is 4.90 Å². The van der Waals surface area contributed by atoms with Gasteiger partial charge in [0.15, 0.2) is 23.9 Å². The summed E-state index contributed by atoms with van der Waals surface area (Å²) in [5, 5.41) is 11.8. The third kappa shape index (κ3) is 8.66. The zero-order valence-corrected chi connectivity index (χ0v) is 28.9. The Labute approximate surface area is 311 Å². The van der Waals surface area contributed by atoms with E-state index in [2.05, 4.69) is 9.64 Å². The van der Waals surface area contributed by atoms with Gasteiger partial charge in [0.25, 0.3) is 0 Å². The van der Waals surface area contributed by atoms with Crippen LogP contribution in [0.4, 0.5) is 23.7 Å². The first-order chi connectivity index (χ1) is 26.1. The van der Waals surface area contributed by atoms with Crippen LogP contribution in [0.5, 0.6) is 11.5 Å². The lowest BCUT2D eigenvalue weighted by Gasteiger charge is -2.44. The van der Waals surface area contributed by atoms with Gasteiger partial charge in [0.05, 0.1) is 28.9 Å². The Morgan fingerprint density at radius 3 is 2.38 bits per heavy atom. The molecule has 15 heteroatoms. The summed E-state index contributed by atoms with van der Waals surface area (Å²) in [6.07, 6.45) is 1.32. The molecule has 7 rings (SSSR count). The topological polar surface area (TPSA) is 104 Å². The van der Waals surface area contributed by atoms with Gasteiger partial charge in [-0.1, -0.05) is 53.5 Å². The predicted octanol–water partition coefficient (Wildman–Crippen LogP) is 7.75. The van der Waals surface area contributed by atoms with E-state index in [1.54, 1.807) is 18.2 Å². The molecule has 1 aromatic heterocycles. The molecule has 3 fully saturated rings. The summed E-state index contributed by atoms with van der Waals surface area (Å²) < 4.78 is 85.3. The number of benzene rings is 3. The van der Waals surface area contributed by atoms with Gasteiger partial charge in [0.1, 0.15) is 28.1 Å². The summed E-state index contributed by atoms with van der Waals surface area (Å²) in [5.74, 6) is -2.44. The zero-order valence-electron chi connectivity index (χ0n) is 30.4. The molecule has 0 N–H and O–H groups in total. The van der Waals surface area contributed by atoms with Gasteiger partial charge in [-0.2, -0.15) is 13.5 Å². The number of esters is 1. The zero-order chi connectivity index (χ0) is 39.4. The fourth-order valence-electron chi connectivity index (χ4n) is 6.42. The van der Waals surface area contributed by atoms with Crippen LogP contribution in [-0.4, -0.2) is 56.4 Å². The molecule has 0 saturated carbocycles. The lowest BCUT2D eigenvalue weighted by molar-refractivity contribution is -0.605. The highest BCUT2D eigenvalue weighted by Gasteiger charge is 2.38. The van der Waals surface area contributed by atoms with E-state index in [0.29, 0.717) is 16.8 Å². The van der Waals surface area contributed by atoms with Crippen molar-refractivity contribution < 1.29 is 50.6 Å². The number of carbonyl (C=O) groups is 2. The van der Waals surface area contributed by atoms with Crippen LogP contribution in [0.3, 0.4) is 0 Å². The Morgan fingerprint density at radius 2 is 1.75 bits per heavy atom. The van der Waals surface area contributed by atoms with E-state index in [-0.39, 0.29) is 57.4 Å². The standard InChI is InChI=1S/C37H34Cl2F3N3O7/c1-49-33-16-25(10-11-31(33)51-36(41)42)32(17-26-27(38)19-44(48)20-28(26)39)50-35(46)24-8-6-22(7-9-24)18-45(30-5-3-2-4-29(30)40)37(47)52-34-21-43-14-12-23(34)13-15-43/h2-11,16,19-20,23,32,34,36H,12-15,17-18,21H2,1H3/t32?,34-/m0/s1/i1D3. The van der Waals surface area contributed by atoms with Gasteiger partial charge in [0.2, 0.25) is 0 Å². The third-order valence-corrected chi connectivity index (χ3v) is 9.76. The summed E-state index contributed by atoms with van der Waals surface area (Å²) in [4.78, 5) is 30.7. The van der Waals surface area contributed by atoms with Crippen LogP contribution in [0.1, 0.15) is 50.1 Å². The SMILES string of the molecule is [2H]C([2H])([2H])Oc1cc(C(Cc2c(Cl)c[n+]([O-])cc2Cl)OC(=O)c2ccc(CN(C(=O)O[C@H]3CN4CCC3CC4)c3ccccc3F)cc2)ccc1OC(F)F. The fourth-order valence-corrected chi connectivity index (χ4v) is 7.02. The average molecular weight is 764 g/mol. The first-order valence-corrected chi connectivity index (χ1v) is 17.0. The third-order valence-electron chi connectivity index (χ3n) is 9.10. The van der Waals surface area contributed by atoms with Crippen LogP contribution in [-0.2, 0) is 22.4 Å². The van der Waals surface area contributed by atoms with Crippen molar-refractivity contribution in [2.45, 2.75) is 44.6 Å². The predicted molar refractivity (Wildman–Crippen MR) is 185 cm³/mol. The molecule has 10 nitrogen and oxygen atoms in total. The largest absolute Gasteiger partial charge is 0.619 e. The molecule has 0 aliphatic carbocycles. The van der Waals surface area contributed by atoms with Crippen LogP contribution < -0.4 is 19.1 Å². The molecule has 3 aliphatic rings. The Balaban J connectivity index is 1.25. The van der Waals surface area contributed by atoms with Crippen LogP contribution in [0.15, 0.2) is 79.1 Å². The second kappa shape index (κ2) is 16.3. The molecule has 0 radical (unpaired) electrons. The van der Waals surface area contributed by atoms with Crippen molar-refractivity contribution in [3.8, 4) is 11.5 Å². The van der Waals surface area contributed by atoms with E-state index in [9.17, 15) is 23.6 Å². The monoisotopic (exact) mass is 762 g/mol. The molecule has 1 unspecified atom stereocenters. The van der Waals surface area contributed by atoms with Crippen LogP contribution in [0, 0.1) is 16.9 Å². The summed E-state index contributed by atoms with van der Waals surface area (Å²) in [5.41, 5.74) is 0.858. The van der Waals surface area contributed by atoms with Gasteiger partial charge in [-0.25, -0.2) is 14.0 Å². The molecule has 0 spiro atoms. The van der Waals surface area contributed by atoms with Gasteiger partial charge in [0, 0.05) is 18.5 Å². The Morgan fingerprint density at radius 1 is 1.04 bits per heavy atom. The number of carbonyl (C=O) groups excluding carboxylic acids is 2. The fraction of sp³-hybridized carbons (Fsp3) is 0.324. The van der Waals surface area contributed by atoms with Gasteiger partial charge < -0.3 is 24.2 Å². The molecule has 3 saturated heterocycles. The van der Waals surface area contributed by atoms with Crippen molar-refractivity contribution in [3.63, 3.8) is 0 Å². The second-order valence-corrected chi connectivity index (χ2v) is 13.2. The highest BCUT2D eigenvalue weighted by Crippen LogP contribution is 2.36. The highest BCUT2D eigenvalue weighted by molar-refractivity contribution is 6.35.